The first kappa shape index (κ1) is 13.6. The molecule has 100 valence electrons. The summed E-state index contributed by atoms with van der Waals surface area (Å²) in [4.78, 5) is 0. The van der Waals surface area contributed by atoms with E-state index in [0.29, 0.717) is 0 Å². The molecule has 3 nitrogen and oxygen atoms in total. The molecule has 0 amide bonds. The zero-order valence-electron chi connectivity index (χ0n) is 10.9. The van der Waals surface area contributed by atoms with Crippen molar-refractivity contribution in [3.05, 3.63) is 35.4 Å². The fraction of sp³-hybridized carbons (Fsp3) is 0.571. The van der Waals surface area contributed by atoms with Crippen LogP contribution in [0.2, 0.25) is 0 Å². The highest BCUT2D eigenvalue weighted by atomic mass is 32.2. The van der Waals surface area contributed by atoms with E-state index in [1.807, 2.05) is 25.1 Å². The molecule has 0 saturated heterocycles. The lowest BCUT2D eigenvalue weighted by molar-refractivity contribution is 0.506. The fourth-order valence-electron chi connectivity index (χ4n) is 2.49. The van der Waals surface area contributed by atoms with Crippen LogP contribution in [0.25, 0.3) is 0 Å². The molecule has 0 fully saturated rings. The molecule has 1 aromatic rings. The van der Waals surface area contributed by atoms with Crippen LogP contribution in [-0.4, -0.2) is 14.2 Å². The molecular weight excluding hydrogens is 246 g/mol. The van der Waals surface area contributed by atoms with Crippen molar-refractivity contribution >= 4 is 10.0 Å². The van der Waals surface area contributed by atoms with E-state index in [1.54, 1.807) is 0 Å². The minimum absolute atomic E-state index is 0.0307. The summed E-state index contributed by atoms with van der Waals surface area (Å²) in [5.41, 5.74) is 2.44. The van der Waals surface area contributed by atoms with Gasteiger partial charge in [0.1, 0.15) is 0 Å². The Morgan fingerprint density at radius 1 is 1.33 bits per heavy atom. The Bertz CT molecular complexity index is 496. The second-order valence-corrected chi connectivity index (χ2v) is 6.81. The van der Waals surface area contributed by atoms with Crippen LogP contribution in [0.5, 0.6) is 0 Å². The predicted molar refractivity (Wildman–Crippen MR) is 74.0 cm³/mol. The van der Waals surface area contributed by atoms with E-state index in [1.165, 1.54) is 5.56 Å². The number of benzene rings is 1. The Labute approximate surface area is 110 Å². The predicted octanol–water partition coefficient (Wildman–Crippen LogP) is 2.78. The molecule has 2 rings (SSSR count). The van der Waals surface area contributed by atoms with E-state index in [2.05, 4.69) is 10.8 Å². The van der Waals surface area contributed by atoms with Crippen LogP contribution in [-0.2, 0) is 16.4 Å². The van der Waals surface area contributed by atoms with Gasteiger partial charge in [0.25, 0.3) is 0 Å². The van der Waals surface area contributed by atoms with Gasteiger partial charge in [-0.25, -0.2) is 13.1 Å². The van der Waals surface area contributed by atoms with Gasteiger partial charge >= 0.3 is 0 Å². The average molecular weight is 267 g/mol. The van der Waals surface area contributed by atoms with Crippen LogP contribution < -0.4 is 4.72 Å². The maximum Gasteiger partial charge on any atom is 0.212 e. The number of aryl methyl sites for hydroxylation is 1. The lowest BCUT2D eigenvalue weighted by Crippen LogP contribution is -2.32. The molecule has 0 spiro atoms. The summed E-state index contributed by atoms with van der Waals surface area (Å²) in [5, 5.41) is 0. The van der Waals surface area contributed by atoms with Crippen molar-refractivity contribution < 1.29 is 8.42 Å². The van der Waals surface area contributed by atoms with Gasteiger partial charge in [-0.2, -0.15) is 0 Å². The molecule has 1 atom stereocenters. The molecule has 1 aliphatic rings. The second kappa shape index (κ2) is 5.85. The third kappa shape index (κ3) is 3.33. The first-order chi connectivity index (χ1) is 8.62. The van der Waals surface area contributed by atoms with Gasteiger partial charge in [0.15, 0.2) is 0 Å². The fourth-order valence-corrected chi connectivity index (χ4v) is 3.95. The van der Waals surface area contributed by atoms with Gasteiger partial charge in [-0.15, -0.1) is 0 Å². The molecule has 0 aliphatic heterocycles. The summed E-state index contributed by atoms with van der Waals surface area (Å²) in [6, 6.07) is 8.12. The van der Waals surface area contributed by atoms with Crippen molar-refractivity contribution in [3.8, 4) is 0 Å². The second-order valence-electron chi connectivity index (χ2n) is 4.93. The van der Waals surface area contributed by atoms with Gasteiger partial charge in [-0.1, -0.05) is 37.6 Å². The van der Waals surface area contributed by atoms with Crippen molar-refractivity contribution in [1.82, 2.24) is 4.72 Å². The molecule has 0 aromatic heterocycles. The number of hydrogen-bond acceptors (Lipinski definition) is 2. The summed E-state index contributed by atoms with van der Waals surface area (Å²) in [6.45, 7) is 2.01. The van der Waals surface area contributed by atoms with Crippen LogP contribution in [0.3, 0.4) is 0 Å². The Morgan fingerprint density at radius 3 is 2.89 bits per heavy atom. The number of hydrogen-bond donors (Lipinski definition) is 1. The highest BCUT2D eigenvalue weighted by molar-refractivity contribution is 7.89. The van der Waals surface area contributed by atoms with Crippen molar-refractivity contribution in [2.75, 3.05) is 5.75 Å². The molecule has 1 N–H and O–H groups in total. The Balaban J connectivity index is 2.12. The molecule has 18 heavy (non-hydrogen) atoms. The Hall–Kier alpha value is -0.870. The maximum absolute atomic E-state index is 12.0. The van der Waals surface area contributed by atoms with Gasteiger partial charge in [-0.3, -0.25) is 0 Å². The third-order valence-corrected chi connectivity index (χ3v) is 4.93. The summed E-state index contributed by atoms with van der Waals surface area (Å²) in [5.74, 6) is 0.238. The quantitative estimate of drug-likeness (QED) is 0.891. The molecular formula is C14H21NO2S. The lowest BCUT2D eigenvalue weighted by Gasteiger charge is -2.26. The highest BCUT2D eigenvalue weighted by Crippen LogP contribution is 2.29. The van der Waals surface area contributed by atoms with Crippen molar-refractivity contribution in [2.24, 2.45) is 0 Å². The molecule has 0 saturated carbocycles. The first-order valence-corrected chi connectivity index (χ1v) is 8.35. The third-order valence-electron chi connectivity index (χ3n) is 3.46. The maximum atomic E-state index is 12.0. The number of unbranched alkanes of at least 4 members (excludes halogenated alkanes) is 1. The van der Waals surface area contributed by atoms with E-state index in [0.717, 1.165) is 37.7 Å². The van der Waals surface area contributed by atoms with E-state index >= 15 is 0 Å². The molecule has 0 heterocycles. The SMILES string of the molecule is CCCCS(=O)(=O)N[C@@H]1CCCc2ccccc21. The smallest absolute Gasteiger partial charge is 0.212 e. The normalized spacial score (nSPS) is 19.5. The van der Waals surface area contributed by atoms with Crippen LogP contribution in [0, 0.1) is 0 Å². The van der Waals surface area contributed by atoms with Crippen molar-refractivity contribution in [2.45, 2.75) is 45.1 Å². The minimum Gasteiger partial charge on any atom is -0.212 e. The molecule has 0 bridgehead atoms. The van der Waals surface area contributed by atoms with Crippen LogP contribution in [0.4, 0.5) is 0 Å². The van der Waals surface area contributed by atoms with Gasteiger partial charge in [-0.05, 0) is 36.8 Å². The Kier molecular flexibility index (Phi) is 4.40. The first-order valence-electron chi connectivity index (χ1n) is 6.70. The topological polar surface area (TPSA) is 46.2 Å². The number of sulfonamides is 1. The number of fused-ring (bicyclic) bond motifs is 1. The van der Waals surface area contributed by atoms with Gasteiger partial charge in [0, 0.05) is 6.04 Å². The monoisotopic (exact) mass is 267 g/mol. The van der Waals surface area contributed by atoms with E-state index in [-0.39, 0.29) is 11.8 Å². The average Bonchev–Trinajstić information content (AvgIpc) is 2.37. The number of nitrogens with one attached hydrogen (secondary N) is 1. The van der Waals surface area contributed by atoms with Gasteiger partial charge in [0.2, 0.25) is 10.0 Å². The summed E-state index contributed by atoms with van der Waals surface area (Å²) in [7, 11) is -3.14. The van der Waals surface area contributed by atoms with Crippen LogP contribution in [0.1, 0.15) is 49.8 Å². The van der Waals surface area contributed by atoms with Crippen LogP contribution >= 0.6 is 0 Å². The van der Waals surface area contributed by atoms with Crippen molar-refractivity contribution in [1.29, 1.82) is 0 Å². The minimum atomic E-state index is -3.14. The molecule has 1 aromatic carbocycles. The zero-order valence-corrected chi connectivity index (χ0v) is 11.7. The lowest BCUT2D eigenvalue weighted by atomic mass is 9.88. The molecule has 0 unspecified atom stereocenters. The van der Waals surface area contributed by atoms with Crippen LogP contribution in [0.15, 0.2) is 24.3 Å². The summed E-state index contributed by atoms with van der Waals surface area (Å²) < 4.78 is 26.8. The summed E-state index contributed by atoms with van der Waals surface area (Å²) in [6.07, 6.45) is 4.65. The van der Waals surface area contributed by atoms with Gasteiger partial charge < -0.3 is 0 Å². The largest absolute Gasteiger partial charge is 0.212 e. The molecule has 1 aliphatic carbocycles. The van der Waals surface area contributed by atoms with E-state index in [9.17, 15) is 8.42 Å². The Morgan fingerprint density at radius 2 is 2.11 bits per heavy atom. The van der Waals surface area contributed by atoms with E-state index in [4.69, 9.17) is 0 Å². The van der Waals surface area contributed by atoms with E-state index < -0.39 is 10.0 Å². The standard InChI is InChI=1S/C14H21NO2S/c1-2-3-11-18(16,17)15-14-10-6-8-12-7-4-5-9-13(12)14/h4-5,7,9,14-15H,2-3,6,8,10-11H2,1H3/t14-/m1/s1. The zero-order chi connectivity index (χ0) is 13.0. The molecule has 0 radical (unpaired) electrons. The number of rotatable bonds is 5. The molecule has 4 heteroatoms. The van der Waals surface area contributed by atoms with Gasteiger partial charge in [0.05, 0.1) is 5.75 Å². The van der Waals surface area contributed by atoms with Crippen molar-refractivity contribution in [3.63, 3.8) is 0 Å². The summed E-state index contributed by atoms with van der Waals surface area (Å²) >= 11 is 0. The highest BCUT2D eigenvalue weighted by Gasteiger charge is 2.23.